The van der Waals surface area contributed by atoms with Crippen LogP contribution in [0, 0.1) is 0 Å². The summed E-state index contributed by atoms with van der Waals surface area (Å²) in [6, 6.07) is 12.4. The summed E-state index contributed by atoms with van der Waals surface area (Å²) in [6.07, 6.45) is 0.141. The average molecular weight is 442 g/mol. The molecule has 10 nitrogen and oxygen atoms in total. The maximum atomic E-state index is 12.5. The fourth-order valence-electron chi connectivity index (χ4n) is 3.34. The van der Waals surface area contributed by atoms with Gasteiger partial charge in [-0.1, -0.05) is 23.4 Å². The number of ether oxygens (including phenoxy) is 1. The highest BCUT2D eigenvalue weighted by molar-refractivity contribution is 7.89. The largest absolute Gasteiger partial charge is 0.465 e. The van der Waals surface area contributed by atoms with E-state index in [1.54, 1.807) is 30.3 Å². The maximum absolute atomic E-state index is 12.5. The van der Waals surface area contributed by atoms with Crippen LogP contribution in [-0.2, 0) is 19.6 Å². The van der Waals surface area contributed by atoms with Gasteiger partial charge in [-0.2, -0.15) is 4.98 Å². The van der Waals surface area contributed by atoms with Gasteiger partial charge in [0, 0.05) is 24.2 Å². The smallest absolute Gasteiger partial charge is 0.337 e. The number of benzene rings is 2. The molecule has 4 rings (SSSR count). The minimum absolute atomic E-state index is 0.0725. The number of rotatable bonds is 5. The Morgan fingerprint density at radius 1 is 1.23 bits per heavy atom. The second-order valence-electron chi connectivity index (χ2n) is 6.97. The Bertz CT molecular complexity index is 1250. The van der Waals surface area contributed by atoms with E-state index in [0.29, 0.717) is 28.5 Å². The van der Waals surface area contributed by atoms with Gasteiger partial charge in [0.25, 0.3) is 0 Å². The number of methoxy groups -OCH3 is 1. The van der Waals surface area contributed by atoms with Gasteiger partial charge in [0.15, 0.2) is 0 Å². The van der Waals surface area contributed by atoms with Crippen molar-refractivity contribution < 1.29 is 27.3 Å². The summed E-state index contributed by atoms with van der Waals surface area (Å²) in [7, 11) is -2.58. The van der Waals surface area contributed by atoms with Crippen molar-refractivity contribution in [3.8, 4) is 11.4 Å². The van der Waals surface area contributed by atoms with Gasteiger partial charge >= 0.3 is 5.97 Å². The van der Waals surface area contributed by atoms with Crippen molar-refractivity contribution in [3.05, 3.63) is 60.0 Å². The van der Waals surface area contributed by atoms with Gasteiger partial charge in [0.05, 0.1) is 23.5 Å². The summed E-state index contributed by atoms with van der Waals surface area (Å²) in [5.74, 6) is -0.365. The molecule has 2 aromatic carbocycles. The maximum Gasteiger partial charge on any atom is 0.337 e. The van der Waals surface area contributed by atoms with E-state index in [-0.39, 0.29) is 29.7 Å². The minimum atomic E-state index is -3.88. The fraction of sp³-hybridized carbons (Fsp3) is 0.200. The minimum Gasteiger partial charge on any atom is -0.465 e. The van der Waals surface area contributed by atoms with E-state index in [9.17, 15) is 18.0 Å². The second kappa shape index (κ2) is 7.93. The Kier molecular flexibility index (Phi) is 5.29. The highest BCUT2D eigenvalue weighted by atomic mass is 32.2. The molecule has 1 amide bonds. The lowest BCUT2D eigenvalue weighted by Crippen LogP contribution is -2.24. The molecule has 0 unspecified atom stereocenters. The number of nitrogens with two attached hydrogens (primary N) is 1. The van der Waals surface area contributed by atoms with Crippen LogP contribution < -0.4 is 10.0 Å². The number of anilines is 1. The molecule has 1 fully saturated rings. The van der Waals surface area contributed by atoms with Crippen LogP contribution in [-0.4, -0.2) is 44.1 Å². The zero-order chi connectivity index (χ0) is 22.2. The highest BCUT2D eigenvalue weighted by Crippen LogP contribution is 2.32. The molecule has 1 aliphatic rings. The molecule has 160 valence electrons. The Hall–Kier alpha value is -3.57. The van der Waals surface area contributed by atoms with E-state index >= 15 is 0 Å². The lowest BCUT2D eigenvalue weighted by Gasteiger charge is -2.16. The van der Waals surface area contributed by atoms with Crippen molar-refractivity contribution in [2.45, 2.75) is 17.2 Å². The Balaban J connectivity index is 1.53. The van der Waals surface area contributed by atoms with Crippen molar-refractivity contribution in [2.75, 3.05) is 18.6 Å². The topological polar surface area (TPSA) is 146 Å². The Labute approximate surface area is 177 Å². The molecule has 2 heterocycles. The first-order valence-electron chi connectivity index (χ1n) is 9.22. The SMILES string of the molecule is COC(=O)c1ccc(-c2noc([C@H]3CC(=O)N(c4cccc(S(N)(=O)=O)c4)C3)n2)cc1. The molecular formula is C20H18N4O6S. The van der Waals surface area contributed by atoms with Crippen molar-refractivity contribution in [2.24, 2.45) is 5.14 Å². The van der Waals surface area contributed by atoms with Gasteiger partial charge in [0.1, 0.15) is 0 Å². The first kappa shape index (κ1) is 20.7. The average Bonchev–Trinajstić information content (AvgIpc) is 3.40. The Morgan fingerprint density at radius 3 is 2.65 bits per heavy atom. The predicted octanol–water partition coefficient (Wildman–Crippen LogP) is 1.69. The molecule has 1 aliphatic heterocycles. The van der Waals surface area contributed by atoms with E-state index in [1.807, 2.05) is 0 Å². The van der Waals surface area contributed by atoms with E-state index < -0.39 is 16.0 Å². The van der Waals surface area contributed by atoms with Gasteiger partial charge in [-0.15, -0.1) is 0 Å². The lowest BCUT2D eigenvalue weighted by atomic mass is 10.1. The van der Waals surface area contributed by atoms with Crippen molar-refractivity contribution in [1.82, 2.24) is 10.1 Å². The zero-order valence-corrected chi connectivity index (χ0v) is 17.2. The summed E-state index contributed by atoms with van der Waals surface area (Å²) >= 11 is 0. The molecule has 0 radical (unpaired) electrons. The van der Waals surface area contributed by atoms with Crippen LogP contribution in [0.5, 0.6) is 0 Å². The van der Waals surface area contributed by atoms with E-state index in [2.05, 4.69) is 14.9 Å². The van der Waals surface area contributed by atoms with Gasteiger partial charge in [-0.3, -0.25) is 4.79 Å². The monoisotopic (exact) mass is 442 g/mol. The predicted molar refractivity (Wildman–Crippen MR) is 109 cm³/mol. The molecule has 1 aromatic heterocycles. The molecule has 0 saturated carbocycles. The number of hydrogen-bond donors (Lipinski definition) is 1. The van der Waals surface area contributed by atoms with Crippen LogP contribution in [0.3, 0.4) is 0 Å². The summed E-state index contributed by atoms with van der Waals surface area (Å²) in [5, 5.41) is 9.15. The van der Waals surface area contributed by atoms with Crippen LogP contribution in [0.2, 0.25) is 0 Å². The first-order valence-corrected chi connectivity index (χ1v) is 10.8. The number of aromatic nitrogens is 2. The van der Waals surface area contributed by atoms with Gasteiger partial charge < -0.3 is 14.2 Å². The van der Waals surface area contributed by atoms with E-state index in [0.717, 1.165) is 0 Å². The van der Waals surface area contributed by atoms with Crippen molar-refractivity contribution >= 4 is 27.6 Å². The number of primary sulfonamides is 1. The third-order valence-corrected chi connectivity index (χ3v) is 5.85. The molecular weight excluding hydrogens is 424 g/mol. The first-order chi connectivity index (χ1) is 14.8. The molecule has 11 heteroatoms. The molecule has 31 heavy (non-hydrogen) atoms. The zero-order valence-electron chi connectivity index (χ0n) is 16.4. The Morgan fingerprint density at radius 2 is 1.97 bits per heavy atom. The number of carbonyl (C=O) groups excluding carboxylic acids is 2. The van der Waals surface area contributed by atoms with E-state index in [4.69, 9.17) is 9.66 Å². The molecule has 3 aromatic rings. The molecule has 0 aliphatic carbocycles. The van der Waals surface area contributed by atoms with Crippen LogP contribution in [0.25, 0.3) is 11.4 Å². The number of carbonyl (C=O) groups is 2. The summed E-state index contributed by atoms with van der Waals surface area (Å²) < 4.78 is 33.2. The van der Waals surface area contributed by atoms with Gasteiger partial charge in [-0.05, 0) is 30.3 Å². The standard InChI is InChI=1S/C20H18N4O6S/c1-29-20(26)13-7-5-12(6-8-13)18-22-19(30-23-18)14-9-17(25)24(11-14)15-3-2-4-16(10-15)31(21,27)28/h2-8,10,14H,9,11H2,1H3,(H2,21,27,28)/t14-/m0/s1. The number of esters is 1. The molecule has 2 N–H and O–H groups in total. The molecule has 0 bridgehead atoms. The molecule has 0 spiro atoms. The summed E-state index contributed by atoms with van der Waals surface area (Å²) in [5.41, 5.74) is 1.47. The van der Waals surface area contributed by atoms with Crippen molar-refractivity contribution in [3.63, 3.8) is 0 Å². The second-order valence-corrected chi connectivity index (χ2v) is 8.53. The normalized spacial score (nSPS) is 16.5. The quantitative estimate of drug-likeness (QED) is 0.588. The van der Waals surface area contributed by atoms with Gasteiger partial charge in [0.2, 0.25) is 27.6 Å². The van der Waals surface area contributed by atoms with Gasteiger partial charge in [-0.25, -0.2) is 18.4 Å². The third kappa shape index (κ3) is 4.18. The van der Waals surface area contributed by atoms with E-state index in [1.165, 1.54) is 30.2 Å². The number of nitrogens with zero attached hydrogens (tertiary/aromatic N) is 3. The lowest BCUT2D eigenvalue weighted by molar-refractivity contribution is -0.117. The third-order valence-electron chi connectivity index (χ3n) is 4.94. The number of amides is 1. The summed E-state index contributed by atoms with van der Waals surface area (Å²) in [4.78, 5) is 29.9. The molecule has 1 atom stereocenters. The number of hydrogen-bond acceptors (Lipinski definition) is 8. The number of sulfonamides is 1. The fourth-order valence-corrected chi connectivity index (χ4v) is 3.90. The van der Waals surface area contributed by atoms with Crippen molar-refractivity contribution in [1.29, 1.82) is 0 Å². The highest BCUT2D eigenvalue weighted by Gasteiger charge is 2.35. The summed E-state index contributed by atoms with van der Waals surface area (Å²) in [6.45, 7) is 0.260. The van der Waals surface area contributed by atoms with Crippen LogP contribution in [0.1, 0.15) is 28.6 Å². The van der Waals surface area contributed by atoms with Crippen LogP contribution in [0.4, 0.5) is 5.69 Å². The van der Waals surface area contributed by atoms with Crippen LogP contribution in [0.15, 0.2) is 57.9 Å². The molecule has 1 saturated heterocycles. The van der Waals surface area contributed by atoms with Crippen LogP contribution >= 0.6 is 0 Å².